The van der Waals surface area contributed by atoms with Gasteiger partial charge in [-0.25, -0.2) is 4.79 Å². The zero-order chi connectivity index (χ0) is 23.8. The number of amides is 1. The van der Waals surface area contributed by atoms with E-state index in [2.05, 4.69) is 29.6 Å². The van der Waals surface area contributed by atoms with Crippen molar-refractivity contribution in [3.8, 4) is 11.1 Å². The Labute approximate surface area is 200 Å². The first-order valence-electron chi connectivity index (χ1n) is 11.7. The predicted molar refractivity (Wildman–Crippen MR) is 131 cm³/mol. The number of esters is 1. The average molecular weight is 459 g/mol. The molecule has 3 N–H and O–H groups in total. The molecule has 6 heteroatoms. The smallest absolute Gasteiger partial charge is 0.407 e. The fourth-order valence-electron chi connectivity index (χ4n) is 4.28. The van der Waals surface area contributed by atoms with Crippen molar-refractivity contribution in [1.29, 1.82) is 0 Å². The highest BCUT2D eigenvalue weighted by atomic mass is 16.5. The number of hydrogen-bond acceptors (Lipinski definition) is 5. The van der Waals surface area contributed by atoms with E-state index in [9.17, 15) is 9.59 Å². The van der Waals surface area contributed by atoms with Crippen molar-refractivity contribution in [2.75, 3.05) is 13.2 Å². The molecule has 3 aromatic rings. The van der Waals surface area contributed by atoms with Gasteiger partial charge in [0.25, 0.3) is 0 Å². The van der Waals surface area contributed by atoms with Crippen molar-refractivity contribution >= 4 is 12.1 Å². The molecule has 0 saturated heterocycles. The summed E-state index contributed by atoms with van der Waals surface area (Å²) < 4.78 is 10.8. The third kappa shape index (κ3) is 5.83. The van der Waals surface area contributed by atoms with Gasteiger partial charge in [0.2, 0.25) is 0 Å². The number of ether oxygens (including phenoxy) is 2. The van der Waals surface area contributed by atoms with Crippen LogP contribution in [-0.4, -0.2) is 31.3 Å². The summed E-state index contributed by atoms with van der Waals surface area (Å²) in [5, 5.41) is 2.79. The van der Waals surface area contributed by atoms with Crippen LogP contribution in [0.4, 0.5) is 4.79 Å². The topological polar surface area (TPSA) is 90.6 Å². The van der Waals surface area contributed by atoms with Crippen LogP contribution in [0.5, 0.6) is 0 Å². The lowest BCUT2D eigenvalue weighted by Crippen LogP contribution is -2.32. The largest absolute Gasteiger partial charge is 0.460 e. The maximum atomic E-state index is 12.2. The van der Waals surface area contributed by atoms with Crippen molar-refractivity contribution < 1.29 is 19.1 Å². The third-order valence-electron chi connectivity index (χ3n) is 6.08. The lowest BCUT2D eigenvalue weighted by Gasteiger charge is -2.15. The normalized spacial score (nSPS) is 13.0. The molecule has 6 nitrogen and oxygen atoms in total. The second kappa shape index (κ2) is 11.5. The molecule has 1 aliphatic carbocycles. The molecule has 1 amide bonds. The second-order valence-electron chi connectivity index (χ2n) is 8.45. The molecule has 0 aromatic heterocycles. The molecule has 0 radical (unpaired) electrons. The van der Waals surface area contributed by atoms with Crippen LogP contribution in [-0.2, 0) is 20.9 Å². The molecule has 0 saturated carbocycles. The summed E-state index contributed by atoms with van der Waals surface area (Å²) in [6.07, 6.45) is 1.46. The minimum atomic E-state index is -0.668. The second-order valence-corrected chi connectivity index (χ2v) is 8.45. The number of carbonyl (C=O) groups is 2. The molecule has 0 fully saturated rings. The predicted octanol–water partition coefficient (Wildman–Crippen LogP) is 4.77. The van der Waals surface area contributed by atoms with Gasteiger partial charge in [0.15, 0.2) is 0 Å². The van der Waals surface area contributed by atoms with Crippen LogP contribution in [0.25, 0.3) is 11.1 Å². The van der Waals surface area contributed by atoms with Gasteiger partial charge in [-0.2, -0.15) is 0 Å². The summed E-state index contributed by atoms with van der Waals surface area (Å²) in [5.74, 6) is -0.369. The Bertz CT molecular complexity index is 1070. The number of unbranched alkanes of at least 4 members (excludes halogenated alkanes) is 1. The molecule has 0 unspecified atom stereocenters. The molecular formula is C28H30N2O4. The summed E-state index contributed by atoms with van der Waals surface area (Å²) >= 11 is 0. The number of rotatable bonds is 10. The van der Waals surface area contributed by atoms with Gasteiger partial charge in [-0.1, -0.05) is 78.9 Å². The number of nitrogens with two attached hydrogens (primary N) is 1. The Morgan fingerprint density at radius 1 is 0.824 bits per heavy atom. The maximum Gasteiger partial charge on any atom is 0.407 e. The molecule has 3 aromatic carbocycles. The van der Waals surface area contributed by atoms with Gasteiger partial charge in [-0.05, 0) is 47.1 Å². The number of alkyl carbamates (subject to hydrolysis) is 1. The Morgan fingerprint density at radius 2 is 1.44 bits per heavy atom. The number of nitrogens with one attached hydrogen (secondary N) is 1. The zero-order valence-corrected chi connectivity index (χ0v) is 19.1. The van der Waals surface area contributed by atoms with E-state index in [1.54, 1.807) is 0 Å². The van der Waals surface area contributed by atoms with Crippen LogP contribution >= 0.6 is 0 Å². The lowest BCUT2D eigenvalue weighted by molar-refractivity contribution is -0.146. The van der Waals surface area contributed by atoms with Crippen LogP contribution < -0.4 is 11.1 Å². The highest BCUT2D eigenvalue weighted by molar-refractivity contribution is 5.79. The minimum Gasteiger partial charge on any atom is -0.460 e. The van der Waals surface area contributed by atoms with E-state index in [1.807, 2.05) is 54.6 Å². The van der Waals surface area contributed by atoms with E-state index in [-0.39, 0.29) is 19.1 Å². The van der Waals surface area contributed by atoms with Gasteiger partial charge < -0.3 is 20.5 Å². The van der Waals surface area contributed by atoms with E-state index < -0.39 is 18.1 Å². The first kappa shape index (κ1) is 23.5. The highest BCUT2D eigenvalue weighted by Gasteiger charge is 2.28. The van der Waals surface area contributed by atoms with Crippen LogP contribution in [0.3, 0.4) is 0 Å². The molecule has 4 rings (SSSR count). The van der Waals surface area contributed by atoms with Gasteiger partial charge in [0.05, 0.1) is 0 Å². The zero-order valence-electron chi connectivity index (χ0n) is 19.1. The van der Waals surface area contributed by atoms with E-state index in [0.29, 0.717) is 25.8 Å². The molecular weight excluding hydrogens is 428 g/mol. The third-order valence-corrected chi connectivity index (χ3v) is 6.08. The van der Waals surface area contributed by atoms with E-state index in [1.165, 1.54) is 22.3 Å². The van der Waals surface area contributed by atoms with Gasteiger partial charge in [0, 0.05) is 12.5 Å². The SMILES string of the molecule is N[C@@H](CCCCNC(=O)OCC1c2ccccc2-c2ccccc21)C(=O)OCc1ccccc1. The van der Waals surface area contributed by atoms with E-state index >= 15 is 0 Å². The summed E-state index contributed by atoms with van der Waals surface area (Å²) in [7, 11) is 0. The molecule has 0 bridgehead atoms. The van der Waals surface area contributed by atoms with Crippen LogP contribution in [0.1, 0.15) is 41.9 Å². The van der Waals surface area contributed by atoms with E-state index in [0.717, 1.165) is 5.56 Å². The monoisotopic (exact) mass is 458 g/mol. The molecule has 34 heavy (non-hydrogen) atoms. The first-order valence-corrected chi connectivity index (χ1v) is 11.7. The van der Waals surface area contributed by atoms with Crippen LogP contribution in [0.2, 0.25) is 0 Å². The Hall–Kier alpha value is -3.64. The molecule has 0 spiro atoms. The minimum absolute atomic E-state index is 0.0399. The molecule has 176 valence electrons. The number of benzene rings is 3. The number of carbonyl (C=O) groups excluding carboxylic acids is 2. The summed E-state index contributed by atoms with van der Waals surface area (Å²) in [4.78, 5) is 24.3. The Morgan fingerprint density at radius 3 is 2.12 bits per heavy atom. The van der Waals surface area contributed by atoms with E-state index in [4.69, 9.17) is 15.2 Å². The Balaban J connectivity index is 1.13. The fraction of sp³-hybridized carbons (Fsp3) is 0.286. The lowest BCUT2D eigenvalue weighted by atomic mass is 9.98. The quantitative estimate of drug-likeness (QED) is 0.337. The maximum absolute atomic E-state index is 12.2. The van der Waals surface area contributed by atoms with Crippen molar-refractivity contribution in [3.05, 3.63) is 95.6 Å². The number of fused-ring (bicyclic) bond motifs is 3. The number of hydrogen-bond donors (Lipinski definition) is 2. The van der Waals surface area contributed by atoms with Crippen molar-refractivity contribution in [1.82, 2.24) is 5.32 Å². The van der Waals surface area contributed by atoms with Crippen molar-refractivity contribution in [3.63, 3.8) is 0 Å². The Kier molecular flexibility index (Phi) is 7.94. The van der Waals surface area contributed by atoms with Crippen LogP contribution in [0, 0.1) is 0 Å². The summed E-state index contributed by atoms with van der Waals surface area (Å²) in [6, 6.07) is 25.3. The summed E-state index contributed by atoms with van der Waals surface area (Å²) in [6.45, 7) is 0.969. The van der Waals surface area contributed by atoms with Crippen LogP contribution in [0.15, 0.2) is 78.9 Å². The highest BCUT2D eigenvalue weighted by Crippen LogP contribution is 2.44. The van der Waals surface area contributed by atoms with Gasteiger partial charge >= 0.3 is 12.1 Å². The first-order chi connectivity index (χ1) is 16.6. The van der Waals surface area contributed by atoms with Crippen molar-refractivity contribution in [2.24, 2.45) is 5.73 Å². The molecule has 1 atom stereocenters. The summed E-state index contributed by atoms with van der Waals surface area (Å²) in [5.41, 5.74) is 11.6. The van der Waals surface area contributed by atoms with Gasteiger partial charge in [-0.3, -0.25) is 4.79 Å². The average Bonchev–Trinajstić information content (AvgIpc) is 3.20. The van der Waals surface area contributed by atoms with Crippen molar-refractivity contribution in [2.45, 2.75) is 37.8 Å². The molecule has 0 heterocycles. The van der Waals surface area contributed by atoms with Gasteiger partial charge in [0.1, 0.15) is 19.3 Å². The fourth-order valence-corrected chi connectivity index (χ4v) is 4.28. The molecule has 0 aliphatic heterocycles. The van der Waals surface area contributed by atoms with Gasteiger partial charge in [-0.15, -0.1) is 0 Å². The molecule has 1 aliphatic rings. The standard InChI is InChI=1S/C28H30N2O4/c29-26(27(31)33-18-20-10-2-1-3-11-20)16-8-9-17-30-28(32)34-19-25-23-14-6-4-12-21(23)22-13-5-7-15-24(22)25/h1-7,10-15,25-26H,8-9,16-19,29H2,(H,30,32)/t26-/m0/s1.